The van der Waals surface area contributed by atoms with Gasteiger partial charge in [-0.05, 0) is 44.5 Å². The molecule has 1 aliphatic rings. The Kier molecular flexibility index (Phi) is 5.08. The molecule has 1 N–H and O–H groups in total. The number of nitrogens with one attached hydrogen (secondary N) is 1. The molecule has 0 unspecified atom stereocenters. The molecule has 3 nitrogen and oxygen atoms in total. The fourth-order valence-corrected chi connectivity index (χ4v) is 2.65. The highest BCUT2D eigenvalue weighted by molar-refractivity contribution is 6.42. The lowest BCUT2D eigenvalue weighted by molar-refractivity contribution is -0.118. The van der Waals surface area contributed by atoms with Crippen molar-refractivity contribution in [2.24, 2.45) is 0 Å². The molecule has 1 aromatic rings. The van der Waals surface area contributed by atoms with Crippen LogP contribution in [-0.2, 0) is 4.79 Å². The zero-order valence-electron chi connectivity index (χ0n) is 11.0. The first kappa shape index (κ1) is 14.6. The number of rotatable bonds is 3. The van der Waals surface area contributed by atoms with E-state index in [2.05, 4.69) is 17.1 Å². The summed E-state index contributed by atoms with van der Waals surface area (Å²) in [6.45, 7) is 3.60. The second kappa shape index (κ2) is 6.60. The van der Waals surface area contributed by atoms with E-state index in [1.165, 1.54) is 19.3 Å². The summed E-state index contributed by atoms with van der Waals surface area (Å²) in [6, 6.07) is 5.59. The van der Waals surface area contributed by atoms with Crippen LogP contribution in [0, 0.1) is 0 Å². The van der Waals surface area contributed by atoms with E-state index >= 15 is 0 Å². The average molecular weight is 301 g/mol. The van der Waals surface area contributed by atoms with Crippen LogP contribution in [0.1, 0.15) is 26.2 Å². The summed E-state index contributed by atoms with van der Waals surface area (Å²) in [5, 5.41) is 3.79. The summed E-state index contributed by atoms with van der Waals surface area (Å²) >= 11 is 11.8. The summed E-state index contributed by atoms with van der Waals surface area (Å²) in [7, 11) is 0. The minimum absolute atomic E-state index is 0.00728. The summed E-state index contributed by atoms with van der Waals surface area (Å²) in [5.74, 6) is -0.00728. The highest BCUT2D eigenvalue weighted by atomic mass is 35.5. The summed E-state index contributed by atoms with van der Waals surface area (Å²) in [4.78, 5) is 14.2. The van der Waals surface area contributed by atoms with Crippen LogP contribution in [0.3, 0.4) is 0 Å². The molecule has 1 fully saturated rings. The third-order valence-electron chi connectivity index (χ3n) is 3.49. The number of hydrogen-bond acceptors (Lipinski definition) is 2. The Labute approximate surface area is 123 Å². The van der Waals surface area contributed by atoms with Crippen LogP contribution in [0.4, 0.5) is 5.69 Å². The van der Waals surface area contributed by atoms with Crippen LogP contribution in [-0.4, -0.2) is 29.9 Å². The number of benzene rings is 1. The third-order valence-corrected chi connectivity index (χ3v) is 4.23. The average Bonchev–Trinajstić information content (AvgIpc) is 2.37. The monoisotopic (exact) mass is 300 g/mol. The maximum absolute atomic E-state index is 12.0. The first-order valence-corrected chi connectivity index (χ1v) is 7.31. The van der Waals surface area contributed by atoms with Crippen molar-refractivity contribution in [2.75, 3.05) is 18.4 Å². The molecule has 1 aliphatic heterocycles. The van der Waals surface area contributed by atoms with Gasteiger partial charge in [-0.2, -0.15) is 0 Å². The smallest absolute Gasteiger partial charge is 0.238 e. The first-order valence-electron chi connectivity index (χ1n) is 6.55. The van der Waals surface area contributed by atoms with Gasteiger partial charge in [0.1, 0.15) is 0 Å². The standard InChI is InChI=1S/C14H18Cl2N2O/c1-10-4-2-3-7-18(10)9-14(19)17-11-5-6-12(15)13(16)8-11/h5-6,8,10H,2-4,7,9H2,1H3,(H,17,19)/t10-/m1/s1. The van der Waals surface area contributed by atoms with Crippen molar-refractivity contribution in [2.45, 2.75) is 32.2 Å². The molecule has 1 heterocycles. The van der Waals surface area contributed by atoms with E-state index in [0.717, 1.165) is 6.54 Å². The number of carbonyl (C=O) groups excluding carboxylic acids is 1. The number of amides is 1. The number of carbonyl (C=O) groups is 1. The highest BCUT2D eigenvalue weighted by Gasteiger charge is 2.20. The second-order valence-electron chi connectivity index (χ2n) is 4.99. The maximum Gasteiger partial charge on any atom is 0.238 e. The van der Waals surface area contributed by atoms with E-state index < -0.39 is 0 Å². The second-order valence-corrected chi connectivity index (χ2v) is 5.81. The Balaban J connectivity index is 1.91. The molecule has 1 atom stereocenters. The minimum atomic E-state index is -0.00728. The molecule has 19 heavy (non-hydrogen) atoms. The Bertz CT molecular complexity index is 465. The Morgan fingerprint density at radius 3 is 2.84 bits per heavy atom. The van der Waals surface area contributed by atoms with Crippen LogP contribution in [0.15, 0.2) is 18.2 Å². The quantitative estimate of drug-likeness (QED) is 0.921. The molecule has 5 heteroatoms. The number of piperidine rings is 1. The summed E-state index contributed by atoms with van der Waals surface area (Å²) in [5.41, 5.74) is 0.684. The van der Waals surface area contributed by atoms with E-state index in [-0.39, 0.29) is 5.91 Å². The Morgan fingerprint density at radius 2 is 2.16 bits per heavy atom. The number of nitrogens with zero attached hydrogens (tertiary/aromatic N) is 1. The van der Waals surface area contributed by atoms with Crippen LogP contribution < -0.4 is 5.32 Å². The fourth-order valence-electron chi connectivity index (χ4n) is 2.35. The van der Waals surface area contributed by atoms with Crippen molar-refractivity contribution in [1.82, 2.24) is 4.90 Å². The molecular weight excluding hydrogens is 283 g/mol. The SMILES string of the molecule is C[C@@H]1CCCCN1CC(=O)Nc1ccc(Cl)c(Cl)c1. The number of anilines is 1. The fraction of sp³-hybridized carbons (Fsp3) is 0.500. The van der Waals surface area contributed by atoms with Crippen molar-refractivity contribution < 1.29 is 4.79 Å². The molecule has 1 aromatic carbocycles. The van der Waals surface area contributed by atoms with Crippen molar-refractivity contribution in [1.29, 1.82) is 0 Å². The zero-order chi connectivity index (χ0) is 13.8. The van der Waals surface area contributed by atoms with Crippen molar-refractivity contribution >= 4 is 34.8 Å². The lowest BCUT2D eigenvalue weighted by atomic mass is 10.0. The summed E-state index contributed by atoms with van der Waals surface area (Å²) in [6.07, 6.45) is 3.59. The van der Waals surface area contributed by atoms with Crippen LogP contribution in [0.2, 0.25) is 10.0 Å². The number of halogens is 2. The van der Waals surface area contributed by atoms with Crippen molar-refractivity contribution in [3.63, 3.8) is 0 Å². The number of hydrogen-bond donors (Lipinski definition) is 1. The van der Waals surface area contributed by atoms with Crippen LogP contribution in [0.25, 0.3) is 0 Å². The van der Waals surface area contributed by atoms with E-state index in [1.807, 2.05) is 0 Å². The van der Waals surface area contributed by atoms with Crippen molar-refractivity contribution in [3.05, 3.63) is 28.2 Å². The predicted molar refractivity (Wildman–Crippen MR) is 80.0 cm³/mol. The molecule has 0 radical (unpaired) electrons. The van der Waals surface area contributed by atoms with Crippen LogP contribution in [0.5, 0.6) is 0 Å². The Morgan fingerprint density at radius 1 is 1.37 bits per heavy atom. The van der Waals surface area contributed by atoms with E-state index in [1.54, 1.807) is 18.2 Å². The van der Waals surface area contributed by atoms with Gasteiger partial charge in [-0.3, -0.25) is 9.69 Å². The van der Waals surface area contributed by atoms with Gasteiger partial charge in [-0.1, -0.05) is 29.6 Å². The minimum Gasteiger partial charge on any atom is -0.325 e. The normalized spacial score (nSPS) is 20.3. The van der Waals surface area contributed by atoms with Crippen molar-refractivity contribution in [3.8, 4) is 0 Å². The summed E-state index contributed by atoms with van der Waals surface area (Å²) < 4.78 is 0. The number of likely N-dealkylation sites (tertiary alicyclic amines) is 1. The third kappa shape index (κ3) is 4.10. The lowest BCUT2D eigenvalue weighted by Crippen LogP contribution is -2.42. The molecule has 1 saturated heterocycles. The van der Waals surface area contributed by atoms with Gasteiger partial charge in [-0.15, -0.1) is 0 Å². The molecule has 0 bridgehead atoms. The lowest BCUT2D eigenvalue weighted by Gasteiger charge is -2.32. The molecule has 0 aliphatic carbocycles. The molecule has 0 saturated carbocycles. The molecule has 2 rings (SSSR count). The van der Waals surface area contributed by atoms with Gasteiger partial charge in [0.15, 0.2) is 0 Å². The molecule has 0 aromatic heterocycles. The Hall–Kier alpha value is -0.770. The van der Waals surface area contributed by atoms with Crippen LogP contribution >= 0.6 is 23.2 Å². The maximum atomic E-state index is 12.0. The van der Waals surface area contributed by atoms with E-state index in [4.69, 9.17) is 23.2 Å². The predicted octanol–water partition coefficient (Wildman–Crippen LogP) is 3.81. The van der Waals surface area contributed by atoms with Gasteiger partial charge < -0.3 is 5.32 Å². The molecule has 0 spiro atoms. The van der Waals surface area contributed by atoms with E-state index in [0.29, 0.717) is 28.3 Å². The highest BCUT2D eigenvalue weighted by Crippen LogP contribution is 2.25. The van der Waals surface area contributed by atoms with Gasteiger partial charge in [0, 0.05) is 11.7 Å². The zero-order valence-corrected chi connectivity index (χ0v) is 12.5. The van der Waals surface area contributed by atoms with Gasteiger partial charge >= 0.3 is 0 Å². The van der Waals surface area contributed by atoms with Gasteiger partial charge in [-0.25, -0.2) is 0 Å². The van der Waals surface area contributed by atoms with Gasteiger partial charge in [0.2, 0.25) is 5.91 Å². The van der Waals surface area contributed by atoms with Gasteiger partial charge in [0.05, 0.1) is 16.6 Å². The molecule has 1 amide bonds. The van der Waals surface area contributed by atoms with Gasteiger partial charge in [0.25, 0.3) is 0 Å². The largest absolute Gasteiger partial charge is 0.325 e. The first-order chi connectivity index (χ1) is 9.06. The van der Waals surface area contributed by atoms with E-state index in [9.17, 15) is 4.79 Å². The molecule has 104 valence electrons. The topological polar surface area (TPSA) is 32.3 Å². The molecular formula is C14H18Cl2N2O.